The third-order valence-corrected chi connectivity index (χ3v) is 3.48. The van der Waals surface area contributed by atoms with E-state index < -0.39 is 12.3 Å². The number of hydrogen-bond acceptors (Lipinski definition) is 5. The van der Waals surface area contributed by atoms with Crippen molar-refractivity contribution in [3.8, 4) is 0 Å². The average molecular weight is 268 g/mol. The number of rotatable bonds is 2. The van der Waals surface area contributed by atoms with Gasteiger partial charge in [0.25, 0.3) is 0 Å². The van der Waals surface area contributed by atoms with Gasteiger partial charge in [-0.2, -0.15) is 13.2 Å². The number of aromatic nitrogens is 1. The summed E-state index contributed by atoms with van der Waals surface area (Å²) in [7, 11) is 0. The third kappa shape index (κ3) is 2.88. The van der Waals surface area contributed by atoms with E-state index in [1.54, 1.807) is 0 Å². The molecule has 0 saturated carbocycles. The Morgan fingerprint density at radius 2 is 2.06 bits per heavy atom. The quantitative estimate of drug-likeness (QED) is 0.884. The molecule has 0 unspecified atom stereocenters. The van der Waals surface area contributed by atoms with Crippen molar-refractivity contribution < 1.29 is 23.0 Å². The number of aliphatic hydroxyl groups excluding tert-OH is 1. The highest BCUT2D eigenvalue weighted by molar-refractivity contribution is 7.15. The predicted octanol–water partition coefficient (Wildman–Crippen LogP) is 1.58. The van der Waals surface area contributed by atoms with Gasteiger partial charge in [0.2, 0.25) is 0 Å². The lowest BCUT2D eigenvalue weighted by Gasteiger charge is -2.26. The highest BCUT2D eigenvalue weighted by Crippen LogP contribution is 2.37. The lowest BCUT2D eigenvalue weighted by atomic mass is 10.3. The molecule has 8 heteroatoms. The number of nitrogens with zero attached hydrogens (tertiary/aromatic N) is 2. The van der Waals surface area contributed by atoms with Crippen LogP contribution in [-0.4, -0.2) is 42.6 Å². The summed E-state index contributed by atoms with van der Waals surface area (Å²) >= 11 is 0.864. The molecule has 1 aliphatic heterocycles. The molecule has 0 bridgehead atoms. The Morgan fingerprint density at radius 3 is 2.65 bits per heavy atom. The Morgan fingerprint density at radius 1 is 1.41 bits per heavy atom. The summed E-state index contributed by atoms with van der Waals surface area (Å²) in [5.74, 6) is 0. The molecule has 96 valence electrons. The van der Waals surface area contributed by atoms with Crippen LogP contribution in [0, 0.1) is 0 Å². The van der Waals surface area contributed by atoms with Crippen molar-refractivity contribution in [1.29, 1.82) is 0 Å². The smallest absolute Gasteiger partial charge is 0.379 e. The number of ether oxygens (including phenoxy) is 1. The second-order valence-corrected chi connectivity index (χ2v) is 4.63. The van der Waals surface area contributed by atoms with Crippen LogP contribution in [0.2, 0.25) is 0 Å². The fourth-order valence-electron chi connectivity index (χ4n) is 1.47. The van der Waals surface area contributed by atoms with E-state index in [-0.39, 0.29) is 4.88 Å². The van der Waals surface area contributed by atoms with Crippen LogP contribution in [-0.2, 0) is 4.74 Å². The van der Waals surface area contributed by atoms with E-state index in [0.29, 0.717) is 31.4 Å². The minimum Gasteiger partial charge on any atom is -0.379 e. The van der Waals surface area contributed by atoms with Gasteiger partial charge in [0.1, 0.15) is 0 Å². The maximum atomic E-state index is 12.3. The largest absolute Gasteiger partial charge is 0.419 e. The third-order valence-electron chi connectivity index (χ3n) is 2.37. The average Bonchev–Trinajstić information content (AvgIpc) is 2.77. The minimum absolute atomic E-state index is 0.181. The fourth-order valence-corrected chi connectivity index (χ4v) is 2.44. The second kappa shape index (κ2) is 4.79. The Labute approximate surface area is 99.6 Å². The SMILES string of the molecule is O[C@H](c1cnc(N2CCOCC2)s1)C(F)(F)F. The number of hydrogen-bond donors (Lipinski definition) is 1. The zero-order valence-electron chi connectivity index (χ0n) is 8.78. The second-order valence-electron chi connectivity index (χ2n) is 3.59. The first kappa shape index (κ1) is 12.6. The molecule has 17 heavy (non-hydrogen) atoms. The molecule has 1 aromatic rings. The van der Waals surface area contributed by atoms with Crippen molar-refractivity contribution in [2.75, 3.05) is 31.2 Å². The zero-order valence-corrected chi connectivity index (χ0v) is 9.59. The van der Waals surface area contributed by atoms with Crippen LogP contribution < -0.4 is 4.90 Å². The van der Waals surface area contributed by atoms with Gasteiger partial charge in [-0.3, -0.25) is 0 Å². The maximum Gasteiger partial charge on any atom is 0.419 e. The fraction of sp³-hybridized carbons (Fsp3) is 0.667. The molecule has 0 aliphatic carbocycles. The predicted molar refractivity (Wildman–Crippen MR) is 56.2 cm³/mol. The van der Waals surface area contributed by atoms with E-state index in [4.69, 9.17) is 9.84 Å². The number of halogens is 3. The van der Waals surface area contributed by atoms with Gasteiger partial charge in [0.05, 0.1) is 18.1 Å². The Kier molecular flexibility index (Phi) is 3.55. The van der Waals surface area contributed by atoms with Gasteiger partial charge in [-0.05, 0) is 0 Å². The molecule has 1 aliphatic rings. The van der Waals surface area contributed by atoms with Gasteiger partial charge in [0.15, 0.2) is 11.2 Å². The van der Waals surface area contributed by atoms with E-state index in [1.165, 1.54) is 0 Å². The number of alkyl halides is 3. The van der Waals surface area contributed by atoms with Crippen LogP contribution in [0.25, 0.3) is 0 Å². The van der Waals surface area contributed by atoms with Crippen LogP contribution in [0.15, 0.2) is 6.20 Å². The highest BCUT2D eigenvalue weighted by Gasteiger charge is 2.40. The van der Waals surface area contributed by atoms with Crippen molar-refractivity contribution in [3.63, 3.8) is 0 Å². The van der Waals surface area contributed by atoms with Crippen LogP contribution in [0.5, 0.6) is 0 Å². The van der Waals surface area contributed by atoms with Gasteiger partial charge in [0, 0.05) is 19.3 Å². The van der Waals surface area contributed by atoms with Crippen molar-refractivity contribution in [2.45, 2.75) is 12.3 Å². The first-order chi connectivity index (χ1) is 7.98. The van der Waals surface area contributed by atoms with Crippen LogP contribution in [0.4, 0.5) is 18.3 Å². The van der Waals surface area contributed by atoms with Crippen LogP contribution in [0.1, 0.15) is 11.0 Å². The molecule has 2 heterocycles. The van der Waals surface area contributed by atoms with Crippen molar-refractivity contribution in [1.82, 2.24) is 4.98 Å². The minimum atomic E-state index is -4.64. The van der Waals surface area contributed by atoms with E-state index in [9.17, 15) is 13.2 Å². The van der Waals surface area contributed by atoms with E-state index in [2.05, 4.69) is 4.98 Å². The normalized spacial score (nSPS) is 19.4. The molecular weight excluding hydrogens is 257 g/mol. The molecule has 1 aromatic heterocycles. The highest BCUT2D eigenvalue weighted by atomic mass is 32.1. The van der Waals surface area contributed by atoms with Gasteiger partial charge in [-0.15, -0.1) is 0 Å². The van der Waals surface area contributed by atoms with Gasteiger partial charge >= 0.3 is 6.18 Å². The summed E-state index contributed by atoms with van der Waals surface area (Å²) in [6.07, 6.45) is -6.02. The summed E-state index contributed by atoms with van der Waals surface area (Å²) < 4.78 is 42.0. The molecule has 0 amide bonds. The molecule has 4 nitrogen and oxygen atoms in total. The Hall–Kier alpha value is -0.860. The summed E-state index contributed by atoms with van der Waals surface area (Å²) in [6, 6.07) is 0. The molecular formula is C9H11F3N2O2S. The number of morpholine rings is 1. The first-order valence-corrected chi connectivity index (χ1v) is 5.83. The number of aliphatic hydroxyl groups is 1. The summed E-state index contributed by atoms with van der Waals surface area (Å²) in [5, 5.41) is 9.56. The lowest BCUT2D eigenvalue weighted by molar-refractivity contribution is -0.205. The number of thiazole rings is 1. The van der Waals surface area contributed by atoms with Gasteiger partial charge < -0.3 is 14.7 Å². The Bertz CT molecular complexity index is 377. The molecule has 0 radical (unpaired) electrons. The van der Waals surface area contributed by atoms with Crippen molar-refractivity contribution in [2.24, 2.45) is 0 Å². The van der Waals surface area contributed by atoms with Gasteiger partial charge in [-0.25, -0.2) is 4.98 Å². The standard InChI is InChI=1S/C9H11F3N2O2S/c10-9(11,12)7(15)6-5-13-8(17-6)14-1-3-16-4-2-14/h5,7,15H,1-4H2/t7-/m1/s1. The zero-order chi connectivity index (χ0) is 12.5. The summed E-state index contributed by atoms with van der Waals surface area (Å²) in [6.45, 7) is 2.29. The van der Waals surface area contributed by atoms with E-state index in [0.717, 1.165) is 17.5 Å². The van der Waals surface area contributed by atoms with Crippen LogP contribution >= 0.6 is 11.3 Å². The van der Waals surface area contributed by atoms with Crippen molar-refractivity contribution >= 4 is 16.5 Å². The maximum absolute atomic E-state index is 12.3. The van der Waals surface area contributed by atoms with Crippen LogP contribution in [0.3, 0.4) is 0 Å². The molecule has 0 aromatic carbocycles. The molecule has 1 N–H and O–H groups in total. The molecule has 1 fully saturated rings. The first-order valence-electron chi connectivity index (χ1n) is 5.01. The van der Waals surface area contributed by atoms with Gasteiger partial charge in [-0.1, -0.05) is 11.3 Å². The number of anilines is 1. The van der Waals surface area contributed by atoms with E-state index >= 15 is 0 Å². The topological polar surface area (TPSA) is 45.6 Å². The summed E-state index contributed by atoms with van der Waals surface area (Å²) in [5.41, 5.74) is 0. The molecule has 0 spiro atoms. The summed E-state index contributed by atoms with van der Waals surface area (Å²) in [4.78, 5) is 5.57. The van der Waals surface area contributed by atoms with E-state index in [1.807, 2.05) is 4.90 Å². The monoisotopic (exact) mass is 268 g/mol. The molecule has 2 rings (SSSR count). The molecule has 1 atom stereocenters. The lowest BCUT2D eigenvalue weighted by Crippen LogP contribution is -2.36. The molecule has 1 saturated heterocycles. The van der Waals surface area contributed by atoms with Crippen molar-refractivity contribution in [3.05, 3.63) is 11.1 Å². The Balaban J connectivity index is 2.10.